The van der Waals surface area contributed by atoms with E-state index in [0.29, 0.717) is 6.04 Å². The van der Waals surface area contributed by atoms with Gasteiger partial charge < -0.3 is 9.84 Å². The largest absolute Gasteiger partial charge is 0.373 e. The standard InChI is InChI=1S/C15H20N4O/c1-11-8-13(18-20-11)10-19-7-3-4-14(19)12-5-6-17-15(9-12)16-2/h5-6,8-9,14H,3-4,7,10H2,1-2H3,(H,16,17)/t14-/m1/s1. The van der Waals surface area contributed by atoms with Gasteiger partial charge in [-0.1, -0.05) is 5.16 Å². The third-order valence-corrected chi connectivity index (χ3v) is 3.83. The highest BCUT2D eigenvalue weighted by Gasteiger charge is 2.26. The maximum absolute atomic E-state index is 5.16. The molecule has 0 bridgehead atoms. The molecule has 2 aromatic heterocycles. The molecule has 1 aliphatic rings. The lowest BCUT2D eigenvalue weighted by Crippen LogP contribution is -2.23. The van der Waals surface area contributed by atoms with Crippen molar-refractivity contribution >= 4 is 5.82 Å². The van der Waals surface area contributed by atoms with E-state index in [1.165, 1.54) is 18.4 Å². The van der Waals surface area contributed by atoms with Gasteiger partial charge in [0, 0.05) is 31.9 Å². The molecule has 5 heteroatoms. The van der Waals surface area contributed by atoms with Gasteiger partial charge in [0.2, 0.25) is 0 Å². The number of nitrogens with zero attached hydrogens (tertiary/aromatic N) is 3. The second-order valence-electron chi connectivity index (χ2n) is 5.28. The summed E-state index contributed by atoms with van der Waals surface area (Å²) in [5.74, 6) is 1.80. The van der Waals surface area contributed by atoms with Gasteiger partial charge >= 0.3 is 0 Å². The number of nitrogens with one attached hydrogen (secondary N) is 1. The fraction of sp³-hybridized carbons (Fsp3) is 0.467. The molecule has 20 heavy (non-hydrogen) atoms. The molecule has 1 saturated heterocycles. The zero-order valence-electron chi connectivity index (χ0n) is 12.0. The van der Waals surface area contributed by atoms with Crippen molar-refractivity contribution in [1.29, 1.82) is 0 Å². The van der Waals surface area contributed by atoms with Crippen LogP contribution in [-0.2, 0) is 6.54 Å². The molecule has 1 fully saturated rings. The second kappa shape index (κ2) is 5.63. The Morgan fingerprint density at radius 2 is 2.35 bits per heavy atom. The van der Waals surface area contributed by atoms with Crippen LogP contribution in [0.5, 0.6) is 0 Å². The molecule has 0 radical (unpaired) electrons. The van der Waals surface area contributed by atoms with Crippen molar-refractivity contribution < 1.29 is 4.52 Å². The predicted molar refractivity (Wildman–Crippen MR) is 77.4 cm³/mol. The van der Waals surface area contributed by atoms with E-state index in [-0.39, 0.29) is 0 Å². The lowest BCUT2D eigenvalue weighted by atomic mass is 10.1. The molecule has 0 spiro atoms. The summed E-state index contributed by atoms with van der Waals surface area (Å²) in [6, 6.07) is 6.71. The van der Waals surface area contributed by atoms with Crippen molar-refractivity contribution in [1.82, 2.24) is 15.0 Å². The number of rotatable bonds is 4. The third-order valence-electron chi connectivity index (χ3n) is 3.83. The first-order valence-electron chi connectivity index (χ1n) is 7.06. The number of aryl methyl sites for hydroxylation is 1. The van der Waals surface area contributed by atoms with Crippen LogP contribution in [0, 0.1) is 6.92 Å². The highest BCUT2D eigenvalue weighted by molar-refractivity contribution is 5.38. The lowest BCUT2D eigenvalue weighted by molar-refractivity contribution is 0.240. The zero-order valence-corrected chi connectivity index (χ0v) is 12.0. The first-order valence-corrected chi connectivity index (χ1v) is 7.06. The van der Waals surface area contributed by atoms with Crippen LogP contribution in [0.3, 0.4) is 0 Å². The van der Waals surface area contributed by atoms with E-state index in [4.69, 9.17) is 4.52 Å². The Morgan fingerprint density at radius 3 is 3.10 bits per heavy atom. The Bertz CT molecular complexity index is 581. The molecule has 5 nitrogen and oxygen atoms in total. The van der Waals surface area contributed by atoms with E-state index < -0.39 is 0 Å². The summed E-state index contributed by atoms with van der Waals surface area (Å²) < 4.78 is 5.16. The SMILES string of the molecule is CNc1cc([C@H]2CCCN2Cc2cc(C)on2)ccn1. The normalized spacial score (nSPS) is 19.4. The fourth-order valence-corrected chi connectivity index (χ4v) is 2.88. The van der Waals surface area contributed by atoms with Crippen LogP contribution >= 0.6 is 0 Å². The van der Waals surface area contributed by atoms with Gasteiger partial charge in [-0.25, -0.2) is 4.98 Å². The highest BCUT2D eigenvalue weighted by atomic mass is 16.5. The van der Waals surface area contributed by atoms with Gasteiger partial charge in [0.25, 0.3) is 0 Å². The molecule has 3 heterocycles. The van der Waals surface area contributed by atoms with Gasteiger partial charge in [-0.15, -0.1) is 0 Å². The summed E-state index contributed by atoms with van der Waals surface area (Å²) in [5, 5.41) is 7.20. The van der Waals surface area contributed by atoms with Crippen LogP contribution < -0.4 is 5.32 Å². The molecule has 1 N–H and O–H groups in total. The molecular formula is C15H20N4O. The van der Waals surface area contributed by atoms with E-state index >= 15 is 0 Å². The number of likely N-dealkylation sites (tertiary alicyclic amines) is 1. The Balaban J connectivity index is 1.77. The van der Waals surface area contributed by atoms with Gasteiger partial charge in [0.1, 0.15) is 11.6 Å². The van der Waals surface area contributed by atoms with Crippen molar-refractivity contribution in [3.05, 3.63) is 41.4 Å². The molecule has 0 amide bonds. The molecule has 3 rings (SSSR count). The molecule has 0 aromatic carbocycles. The minimum Gasteiger partial charge on any atom is -0.373 e. The first-order chi connectivity index (χ1) is 9.76. The van der Waals surface area contributed by atoms with Gasteiger partial charge in [-0.05, 0) is 44.0 Å². The lowest BCUT2D eigenvalue weighted by Gasteiger charge is -2.24. The second-order valence-corrected chi connectivity index (χ2v) is 5.28. The number of pyridine rings is 1. The Morgan fingerprint density at radius 1 is 1.45 bits per heavy atom. The Kier molecular flexibility index (Phi) is 3.69. The molecule has 1 aliphatic heterocycles. The van der Waals surface area contributed by atoms with Gasteiger partial charge in [-0.2, -0.15) is 0 Å². The summed E-state index contributed by atoms with van der Waals surface area (Å²) in [6.07, 6.45) is 4.28. The monoisotopic (exact) mass is 272 g/mol. The quantitative estimate of drug-likeness (QED) is 0.927. The Hall–Kier alpha value is -1.88. The van der Waals surface area contributed by atoms with Crippen LogP contribution in [0.1, 0.15) is 35.9 Å². The summed E-state index contributed by atoms with van der Waals surface area (Å²) in [5.41, 5.74) is 2.33. The molecule has 0 saturated carbocycles. The molecule has 1 atom stereocenters. The molecule has 0 unspecified atom stereocenters. The van der Waals surface area contributed by atoms with Crippen LogP contribution in [-0.4, -0.2) is 28.6 Å². The number of hydrogen-bond donors (Lipinski definition) is 1. The smallest absolute Gasteiger partial charge is 0.133 e. The van der Waals surface area contributed by atoms with Crippen molar-refractivity contribution in [2.45, 2.75) is 32.4 Å². The van der Waals surface area contributed by atoms with Crippen molar-refractivity contribution in [3.8, 4) is 0 Å². The van der Waals surface area contributed by atoms with Crippen molar-refractivity contribution in [3.63, 3.8) is 0 Å². The summed E-state index contributed by atoms with van der Waals surface area (Å²) in [6.45, 7) is 3.88. The molecular weight excluding hydrogens is 252 g/mol. The van der Waals surface area contributed by atoms with E-state index in [1.807, 2.05) is 26.2 Å². The van der Waals surface area contributed by atoms with Crippen molar-refractivity contribution in [2.75, 3.05) is 18.9 Å². The molecule has 0 aliphatic carbocycles. The highest BCUT2D eigenvalue weighted by Crippen LogP contribution is 2.33. The summed E-state index contributed by atoms with van der Waals surface area (Å²) >= 11 is 0. The van der Waals surface area contributed by atoms with Crippen LogP contribution in [0.15, 0.2) is 28.9 Å². The number of aromatic nitrogens is 2. The fourth-order valence-electron chi connectivity index (χ4n) is 2.88. The van der Waals surface area contributed by atoms with Crippen LogP contribution in [0.2, 0.25) is 0 Å². The average molecular weight is 272 g/mol. The number of anilines is 1. The predicted octanol–water partition coefficient (Wildman–Crippen LogP) is 2.76. The maximum Gasteiger partial charge on any atom is 0.133 e. The third kappa shape index (κ3) is 2.67. The first kappa shape index (κ1) is 13.1. The minimum absolute atomic E-state index is 0.446. The topological polar surface area (TPSA) is 54.2 Å². The minimum atomic E-state index is 0.446. The summed E-state index contributed by atoms with van der Waals surface area (Å²) in [4.78, 5) is 6.75. The van der Waals surface area contributed by atoms with Crippen molar-refractivity contribution in [2.24, 2.45) is 0 Å². The zero-order chi connectivity index (χ0) is 13.9. The van der Waals surface area contributed by atoms with Gasteiger partial charge in [-0.3, -0.25) is 4.90 Å². The van der Waals surface area contributed by atoms with E-state index in [2.05, 4.69) is 32.5 Å². The Labute approximate surface area is 119 Å². The van der Waals surface area contributed by atoms with Gasteiger partial charge in [0.15, 0.2) is 0 Å². The van der Waals surface area contributed by atoms with Gasteiger partial charge in [0.05, 0.1) is 5.69 Å². The van der Waals surface area contributed by atoms with E-state index in [1.54, 1.807) is 0 Å². The van der Waals surface area contributed by atoms with E-state index in [9.17, 15) is 0 Å². The molecule has 2 aromatic rings. The number of hydrogen-bond acceptors (Lipinski definition) is 5. The maximum atomic E-state index is 5.16. The summed E-state index contributed by atoms with van der Waals surface area (Å²) in [7, 11) is 1.90. The van der Waals surface area contributed by atoms with E-state index in [0.717, 1.165) is 30.4 Å². The van der Waals surface area contributed by atoms with Crippen LogP contribution in [0.4, 0.5) is 5.82 Å². The molecule has 106 valence electrons. The average Bonchev–Trinajstić information content (AvgIpc) is 3.08. The van der Waals surface area contributed by atoms with Crippen LogP contribution in [0.25, 0.3) is 0 Å².